The van der Waals surface area contributed by atoms with Gasteiger partial charge >= 0.3 is 6.18 Å². The van der Waals surface area contributed by atoms with E-state index in [1.807, 2.05) is 4.90 Å². The van der Waals surface area contributed by atoms with E-state index in [0.29, 0.717) is 0 Å². The van der Waals surface area contributed by atoms with Gasteiger partial charge in [-0.25, -0.2) is 0 Å². The third kappa shape index (κ3) is 3.05. The summed E-state index contributed by atoms with van der Waals surface area (Å²) in [6.45, 7) is 3.05. The Kier molecular flexibility index (Phi) is 3.65. The third-order valence-electron chi connectivity index (χ3n) is 4.20. The van der Waals surface area contributed by atoms with Crippen molar-refractivity contribution in [3.05, 3.63) is 35.4 Å². The monoisotopic (exact) mass is 298 g/mol. The lowest BCUT2D eigenvalue weighted by atomic mass is 10.1. The van der Waals surface area contributed by atoms with Crippen LogP contribution in [-0.4, -0.2) is 37.0 Å². The highest BCUT2D eigenvalue weighted by Crippen LogP contribution is 2.48. The molecule has 1 saturated heterocycles. The second kappa shape index (κ2) is 5.33. The molecule has 21 heavy (non-hydrogen) atoms. The second-order valence-corrected chi connectivity index (χ2v) is 5.64. The third-order valence-corrected chi connectivity index (χ3v) is 4.20. The molecule has 2 atom stereocenters. The average molecular weight is 298 g/mol. The molecule has 0 aromatic heterocycles. The number of rotatable bonds is 2. The summed E-state index contributed by atoms with van der Waals surface area (Å²) in [5.74, 6) is 0.163. The van der Waals surface area contributed by atoms with E-state index in [-0.39, 0.29) is 17.7 Å². The van der Waals surface area contributed by atoms with Gasteiger partial charge < -0.3 is 10.2 Å². The molecule has 1 saturated carbocycles. The molecule has 114 valence electrons. The highest BCUT2D eigenvalue weighted by Gasteiger charge is 2.46. The van der Waals surface area contributed by atoms with E-state index in [1.54, 1.807) is 0 Å². The van der Waals surface area contributed by atoms with Crippen molar-refractivity contribution in [3.8, 4) is 0 Å². The van der Waals surface area contributed by atoms with Gasteiger partial charge in [0.1, 0.15) is 0 Å². The molecule has 2 fully saturated rings. The highest BCUT2D eigenvalue weighted by molar-refractivity contribution is 5.83. The van der Waals surface area contributed by atoms with Crippen LogP contribution in [0.25, 0.3) is 0 Å². The zero-order chi connectivity index (χ0) is 15.0. The number of halogens is 3. The van der Waals surface area contributed by atoms with Gasteiger partial charge in [-0.05, 0) is 30.0 Å². The summed E-state index contributed by atoms with van der Waals surface area (Å²) < 4.78 is 37.6. The van der Waals surface area contributed by atoms with Gasteiger partial charge in [-0.1, -0.05) is 12.1 Å². The SMILES string of the molecule is O=C([C@H]1C[C@H]1c1ccc(C(F)(F)F)cc1)N1CCNCC1. The van der Waals surface area contributed by atoms with Crippen LogP contribution >= 0.6 is 0 Å². The van der Waals surface area contributed by atoms with E-state index in [1.165, 1.54) is 12.1 Å². The Balaban J connectivity index is 1.63. The van der Waals surface area contributed by atoms with Gasteiger partial charge in [0.2, 0.25) is 5.91 Å². The van der Waals surface area contributed by atoms with Crippen LogP contribution in [0.5, 0.6) is 0 Å². The van der Waals surface area contributed by atoms with Crippen molar-refractivity contribution in [2.75, 3.05) is 26.2 Å². The number of nitrogens with one attached hydrogen (secondary N) is 1. The smallest absolute Gasteiger partial charge is 0.340 e. The molecule has 0 radical (unpaired) electrons. The molecule has 1 amide bonds. The molecule has 0 unspecified atom stereocenters. The largest absolute Gasteiger partial charge is 0.416 e. The van der Waals surface area contributed by atoms with Crippen molar-refractivity contribution in [1.82, 2.24) is 10.2 Å². The minimum absolute atomic E-state index is 0.0557. The molecule has 3 nitrogen and oxygen atoms in total. The highest BCUT2D eigenvalue weighted by atomic mass is 19.4. The fourth-order valence-corrected chi connectivity index (χ4v) is 2.88. The number of piperazine rings is 1. The van der Waals surface area contributed by atoms with E-state index in [9.17, 15) is 18.0 Å². The lowest BCUT2D eigenvalue weighted by molar-refractivity contribution is -0.137. The normalized spacial score (nSPS) is 25.8. The Morgan fingerprint density at radius 1 is 1.14 bits per heavy atom. The number of benzene rings is 1. The Hall–Kier alpha value is -1.56. The minimum Gasteiger partial charge on any atom is -0.340 e. The number of alkyl halides is 3. The van der Waals surface area contributed by atoms with Crippen molar-refractivity contribution >= 4 is 5.91 Å². The average Bonchev–Trinajstić information content (AvgIpc) is 3.27. The van der Waals surface area contributed by atoms with E-state index in [2.05, 4.69) is 5.32 Å². The van der Waals surface area contributed by atoms with Crippen LogP contribution in [0, 0.1) is 5.92 Å². The molecular formula is C15H17F3N2O. The van der Waals surface area contributed by atoms with E-state index in [0.717, 1.165) is 50.3 Å². The number of hydrogen-bond acceptors (Lipinski definition) is 2. The molecule has 1 aromatic rings. The summed E-state index contributed by atoms with van der Waals surface area (Å²) in [4.78, 5) is 14.1. The van der Waals surface area contributed by atoms with Crippen LogP contribution in [0.4, 0.5) is 13.2 Å². The molecule has 2 aliphatic rings. The van der Waals surface area contributed by atoms with Gasteiger partial charge in [0.25, 0.3) is 0 Å². The van der Waals surface area contributed by atoms with Crippen LogP contribution < -0.4 is 5.32 Å². The molecule has 3 rings (SSSR count). The minimum atomic E-state index is -4.31. The number of amides is 1. The van der Waals surface area contributed by atoms with E-state index in [4.69, 9.17) is 0 Å². The molecule has 1 aromatic carbocycles. The molecule has 0 bridgehead atoms. The van der Waals surface area contributed by atoms with E-state index < -0.39 is 11.7 Å². The first-order valence-electron chi connectivity index (χ1n) is 7.13. The summed E-state index contributed by atoms with van der Waals surface area (Å²) in [5, 5.41) is 3.19. The van der Waals surface area contributed by atoms with Crippen molar-refractivity contribution in [2.45, 2.75) is 18.5 Å². The molecule has 1 aliphatic heterocycles. The molecule has 0 spiro atoms. The lowest BCUT2D eigenvalue weighted by Crippen LogP contribution is -2.47. The number of carbonyl (C=O) groups excluding carboxylic acids is 1. The van der Waals surface area contributed by atoms with Gasteiger partial charge in [0, 0.05) is 32.1 Å². The first-order chi connectivity index (χ1) is 9.97. The summed E-state index contributed by atoms with van der Waals surface area (Å²) in [6.07, 6.45) is -3.56. The molecule has 1 aliphatic carbocycles. The fourth-order valence-electron chi connectivity index (χ4n) is 2.88. The second-order valence-electron chi connectivity index (χ2n) is 5.64. The zero-order valence-electron chi connectivity index (χ0n) is 11.5. The zero-order valence-corrected chi connectivity index (χ0v) is 11.5. The maximum Gasteiger partial charge on any atom is 0.416 e. The number of carbonyl (C=O) groups is 1. The fraction of sp³-hybridized carbons (Fsp3) is 0.533. The maximum absolute atomic E-state index is 12.5. The first kappa shape index (κ1) is 14.4. The Morgan fingerprint density at radius 3 is 2.33 bits per heavy atom. The lowest BCUT2D eigenvalue weighted by Gasteiger charge is -2.27. The van der Waals surface area contributed by atoms with Gasteiger partial charge in [-0.15, -0.1) is 0 Å². The predicted molar refractivity (Wildman–Crippen MR) is 71.7 cm³/mol. The Morgan fingerprint density at radius 2 is 1.76 bits per heavy atom. The Bertz CT molecular complexity index is 521. The maximum atomic E-state index is 12.5. The quantitative estimate of drug-likeness (QED) is 0.908. The van der Waals surface area contributed by atoms with Crippen molar-refractivity contribution in [1.29, 1.82) is 0 Å². The van der Waals surface area contributed by atoms with Crippen LogP contribution in [0.15, 0.2) is 24.3 Å². The molecule has 1 heterocycles. The molecule has 6 heteroatoms. The van der Waals surface area contributed by atoms with Gasteiger partial charge in [0.15, 0.2) is 0 Å². The van der Waals surface area contributed by atoms with Crippen LogP contribution in [0.2, 0.25) is 0 Å². The summed E-state index contributed by atoms with van der Waals surface area (Å²) in [7, 11) is 0. The Labute approximate surface area is 121 Å². The summed E-state index contributed by atoms with van der Waals surface area (Å²) >= 11 is 0. The van der Waals surface area contributed by atoms with Gasteiger partial charge in [0.05, 0.1) is 5.56 Å². The molecule has 1 N–H and O–H groups in total. The van der Waals surface area contributed by atoms with Crippen molar-refractivity contribution < 1.29 is 18.0 Å². The van der Waals surface area contributed by atoms with Crippen molar-refractivity contribution in [2.24, 2.45) is 5.92 Å². The molecular weight excluding hydrogens is 281 g/mol. The van der Waals surface area contributed by atoms with E-state index >= 15 is 0 Å². The van der Waals surface area contributed by atoms with Gasteiger partial charge in [-0.3, -0.25) is 4.79 Å². The van der Waals surface area contributed by atoms with Crippen LogP contribution in [-0.2, 0) is 11.0 Å². The van der Waals surface area contributed by atoms with Crippen molar-refractivity contribution in [3.63, 3.8) is 0 Å². The number of hydrogen-bond donors (Lipinski definition) is 1. The van der Waals surface area contributed by atoms with Crippen LogP contribution in [0.3, 0.4) is 0 Å². The van der Waals surface area contributed by atoms with Gasteiger partial charge in [-0.2, -0.15) is 13.2 Å². The number of nitrogens with zero attached hydrogens (tertiary/aromatic N) is 1. The predicted octanol–water partition coefficient (Wildman–Crippen LogP) is 2.24. The van der Waals surface area contributed by atoms with Crippen LogP contribution in [0.1, 0.15) is 23.5 Å². The summed E-state index contributed by atoms with van der Waals surface area (Å²) in [6, 6.07) is 5.19. The summed E-state index contributed by atoms with van der Waals surface area (Å²) in [5.41, 5.74) is 0.188. The first-order valence-corrected chi connectivity index (χ1v) is 7.13. The topological polar surface area (TPSA) is 32.3 Å². The standard InChI is InChI=1S/C15H17F3N2O/c16-15(17,18)11-3-1-10(2-4-11)12-9-13(12)14(21)20-7-5-19-6-8-20/h1-4,12-13,19H,5-9H2/t12-,13-/m0/s1.